The molecular formula is C19H31ClN2O2. The molecule has 1 aliphatic rings. The van der Waals surface area contributed by atoms with Gasteiger partial charge in [-0.2, -0.15) is 0 Å². The number of amides is 1. The minimum absolute atomic E-state index is 0. The number of benzene rings is 1. The van der Waals surface area contributed by atoms with E-state index in [-0.39, 0.29) is 29.8 Å². The first-order valence-electron chi connectivity index (χ1n) is 8.46. The summed E-state index contributed by atoms with van der Waals surface area (Å²) in [5.74, 6) is -0.00565. The van der Waals surface area contributed by atoms with Crippen LogP contribution in [-0.4, -0.2) is 31.7 Å². The van der Waals surface area contributed by atoms with Gasteiger partial charge in [0.1, 0.15) is 5.60 Å². The topological polar surface area (TPSA) is 50.4 Å². The molecule has 1 aliphatic heterocycles. The van der Waals surface area contributed by atoms with Crippen LogP contribution in [0.5, 0.6) is 0 Å². The smallest absolute Gasteiger partial charge is 0.252 e. The van der Waals surface area contributed by atoms with Crippen molar-refractivity contribution >= 4 is 18.3 Å². The van der Waals surface area contributed by atoms with Crippen molar-refractivity contribution in [2.24, 2.45) is 0 Å². The maximum Gasteiger partial charge on any atom is 0.252 e. The van der Waals surface area contributed by atoms with Gasteiger partial charge < -0.3 is 15.4 Å². The number of carbonyl (C=O) groups excluding carboxylic acids is 1. The van der Waals surface area contributed by atoms with Gasteiger partial charge in [0.25, 0.3) is 5.91 Å². The highest BCUT2D eigenvalue weighted by Crippen LogP contribution is 2.26. The lowest BCUT2D eigenvalue weighted by Crippen LogP contribution is -2.54. The predicted octanol–water partition coefficient (Wildman–Crippen LogP) is 3.35. The van der Waals surface area contributed by atoms with E-state index in [1.54, 1.807) is 7.11 Å². The maximum atomic E-state index is 12.7. The van der Waals surface area contributed by atoms with E-state index in [1.165, 1.54) is 5.56 Å². The zero-order chi connectivity index (χ0) is 17.1. The molecule has 0 radical (unpaired) electrons. The van der Waals surface area contributed by atoms with Crippen molar-refractivity contribution < 1.29 is 9.53 Å². The van der Waals surface area contributed by atoms with Crippen LogP contribution in [0.3, 0.4) is 0 Å². The van der Waals surface area contributed by atoms with Crippen LogP contribution in [-0.2, 0) is 14.9 Å². The molecular weight excluding hydrogens is 324 g/mol. The molecule has 1 atom stereocenters. The highest BCUT2D eigenvalue weighted by molar-refractivity contribution is 5.86. The Balaban J connectivity index is 0.00000288. The first-order valence-corrected chi connectivity index (χ1v) is 8.46. The monoisotopic (exact) mass is 354 g/mol. The summed E-state index contributed by atoms with van der Waals surface area (Å²) in [4.78, 5) is 12.7. The second-order valence-electron chi connectivity index (χ2n) is 7.52. The Morgan fingerprint density at radius 2 is 1.75 bits per heavy atom. The van der Waals surface area contributed by atoms with Gasteiger partial charge in [-0.05, 0) is 49.4 Å². The van der Waals surface area contributed by atoms with Crippen molar-refractivity contribution in [3.8, 4) is 0 Å². The van der Waals surface area contributed by atoms with Crippen LogP contribution in [0.4, 0.5) is 0 Å². The van der Waals surface area contributed by atoms with Gasteiger partial charge in [0.2, 0.25) is 0 Å². The average Bonchev–Trinajstić information content (AvgIpc) is 2.54. The lowest BCUT2D eigenvalue weighted by atomic mass is 9.86. The highest BCUT2D eigenvalue weighted by atomic mass is 35.5. The molecule has 136 valence electrons. The summed E-state index contributed by atoms with van der Waals surface area (Å²) in [5.41, 5.74) is 1.86. The Labute approximate surface area is 152 Å². The number of rotatable bonds is 4. The van der Waals surface area contributed by atoms with Crippen LogP contribution in [0.15, 0.2) is 24.3 Å². The molecule has 0 spiro atoms. The molecule has 1 unspecified atom stereocenters. The van der Waals surface area contributed by atoms with E-state index in [2.05, 4.69) is 55.7 Å². The van der Waals surface area contributed by atoms with Crippen molar-refractivity contribution in [1.82, 2.24) is 10.6 Å². The van der Waals surface area contributed by atoms with Crippen molar-refractivity contribution in [2.75, 3.05) is 20.2 Å². The second kappa shape index (κ2) is 8.32. The maximum absolute atomic E-state index is 12.7. The number of halogens is 1. The molecule has 1 saturated heterocycles. The Morgan fingerprint density at radius 1 is 1.21 bits per heavy atom. The first-order chi connectivity index (χ1) is 10.8. The molecule has 1 aromatic rings. The Morgan fingerprint density at radius 3 is 2.21 bits per heavy atom. The number of carbonyl (C=O) groups is 1. The summed E-state index contributed by atoms with van der Waals surface area (Å²) in [7, 11) is 1.63. The quantitative estimate of drug-likeness (QED) is 0.871. The normalized spacial score (nSPS) is 18.4. The molecule has 0 bridgehead atoms. The van der Waals surface area contributed by atoms with Gasteiger partial charge >= 0.3 is 0 Å². The van der Waals surface area contributed by atoms with Gasteiger partial charge in [-0.3, -0.25) is 4.79 Å². The number of piperidine rings is 1. The zero-order valence-corrected chi connectivity index (χ0v) is 16.3. The van der Waals surface area contributed by atoms with Gasteiger partial charge in [0, 0.05) is 7.11 Å². The third kappa shape index (κ3) is 4.71. The van der Waals surface area contributed by atoms with Crippen LogP contribution >= 0.6 is 12.4 Å². The molecule has 1 heterocycles. The minimum Gasteiger partial charge on any atom is -0.368 e. The summed E-state index contributed by atoms with van der Waals surface area (Å²) in [6.45, 7) is 10.3. The molecule has 1 fully saturated rings. The summed E-state index contributed by atoms with van der Waals surface area (Å²) >= 11 is 0. The number of hydrogen-bond acceptors (Lipinski definition) is 3. The second-order valence-corrected chi connectivity index (χ2v) is 7.52. The number of ether oxygens (including phenoxy) is 1. The van der Waals surface area contributed by atoms with Crippen LogP contribution in [0.2, 0.25) is 0 Å². The van der Waals surface area contributed by atoms with E-state index >= 15 is 0 Å². The van der Waals surface area contributed by atoms with Crippen molar-refractivity contribution in [2.45, 2.75) is 57.6 Å². The minimum atomic E-state index is -0.690. The number of nitrogens with one attached hydrogen (secondary N) is 2. The summed E-state index contributed by atoms with van der Waals surface area (Å²) in [6.07, 6.45) is 1.43. The van der Waals surface area contributed by atoms with Gasteiger partial charge in [0.15, 0.2) is 0 Å². The van der Waals surface area contributed by atoms with Gasteiger partial charge in [-0.15, -0.1) is 12.4 Å². The van der Waals surface area contributed by atoms with Crippen molar-refractivity contribution in [3.63, 3.8) is 0 Å². The molecule has 0 saturated carbocycles. The summed E-state index contributed by atoms with van der Waals surface area (Å²) in [5, 5.41) is 6.40. The third-order valence-electron chi connectivity index (χ3n) is 4.84. The molecule has 2 N–H and O–H groups in total. The zero-order valence-electron chi connectivity index (χ0n) is 15.4. The lowest BCUT2D eigenvalue weighted by molar-refractivity contribution is -0.147. The SMILES string of the molecule is COC1(C(=O)NC(C)c2ccc(C(C)(C)C)cc2)CCNCC1.Cl. The largest absolute Gasteiger partial charge is 0.368 e. The van der Waals surface area contributed by atoms with Gasteiger partial charge in [-0.1, -0.05) is 45.0 Å². The van der Waals surface area contributed by atoms with Gasteiger partial charge in [-0.25, -0.2) is 0 Å². The Bertz CT molecular complexity index is 531. The molecule has 24 heavy (non-hydrogen) atoms. The summed E-state index contributed by atoms with van der Waals surface area (Å²) in [6, 6.07) is 8.47. The van der Waals surface area contributed by atoms with Crippen LogP contribution in [0.1, 0.15) is 57.7 Å². The van der Waals surface area contributed by atoms with E-state index in [0.717, 1.165) is 18.7 Å². The first kappa shape index (κ1) is 20.9. The predicted molar refractivity (Wildman–Crippen MR) is 101 cm³/mol. The average molecular weight is 355 g/mol. The fourth-order valence-corrected chi connectivity index (χ4v) is 3.04. The molecule has 1 amide bonds. The van der Waals surface area contributed by atoms with Crippen molar-refractivity contribution in [3.05, 3.63) is 35.4 Å². The Hall–Kier alpha value is -1.10. The van der Waals surface area contributed by atoms with Crippen LogP contribution in [0, 0.1) is 0 Å². The standard InChI is InChI=1S/C19H30N2O2.ClH/c1-14(15-6-8-16(9-7-15)18(2,3)4)21-17(22)19(23-5)10-12-20-13-11-19;/h6-9,14,20H,10-13H2,1-5H3,(H,21,22);1H. The highest BCUT2D eigenvalue weighted by Gasteiger charge is 2.40. The fraction of sp³-hybridized carbons (Fsp3) is 0.632. The van der Waals surface area contributed by atoms with E-state index < -0.39 is 5.60 Å². The van der Waals surface area contributed by atoms with Gasteiger partial charge in [0.05, 0.1) is 6.04 Å². The van der Waals surface area contributed by atoms with Crippen LogP contribution in [0.25, 0.3) is 0 Å². The van der Waals surface area contributed by atoms with Crippen molar-refractivity contribution in [1.29, 1.82) is 0 Å². The number of hydrogen-bond donors (Lipinski definition) is 2. The number of methoxy groups -OCH3 is 1. The molecule has 1 aromatic carbocycles. The molecule has 5 heteroatoms. The van der Waals surface area contributed by atoms with E-state index in [4.69, 9.17) is 4.74 Å². The Kier molecular flexibility index (Phi) is 7.26. The molecule has 4 nitrogen and oxygen atoms in total. The van der Waals surface area contributed by atoms with Crippen LogP contribution < -0.4 is 10.6 Å². The summed E-state index contributed by atoms with van der Waals surface area (Å²) < 4.78 is 5.59. The van der Waals surface area contributed by atoms with E-state index in [1.807, 2.05) is 6.92 Å². The van der Waals surface area contributed by atoms with E-state index in [0.29, 0.717) is 12.8 Å². The molecule has 0 aliphatic carbocycles. The lowest BCUT2D eigenvalue weighted by Gasteiger charge is -2.35. The molecule has 2 rings (SSSR count). The molecule has 0 aromatic heterocycles. The van der Waals surface area contributed by atoms with E-state index in [9.17, 15) is 4.79 Å². The third-order valence-corrected chi connectivity index (χ3v) is 4.84. The fourth-order valence-electron chi connectivity index (χ4n) is 3.04.